The van der Waals surface area contributed by atoms with Gasteiger partial charge < -0.3 is 15.3 Å². The van der Waals surface area contributed by atoms with E-state index in [0.29, 0.717) is 6.42 Å². The second-order valence-electron chi connectivity index (χ2n) is 12.8. The summed E-state index contributed by atoms with van der Waals surface area (Å²) < 4.78 is 0. The molecule has 242 valence electrons. The number of hydrogen-bond donors (Lipinski definition) is 4. The van der Waals surface area contributed by atoms with Crippen molar-refractivity contribution in [2.45, 2.75) is 225 Å². The van der Waals surface area contributed by atoms with Crippen molar-refractivity contribution in [1.82, 2.24) is 5.32 Å². The van der Waals surface area contributed by atoms with E-state index in [0.717, 1.165) is 25.8 Å². The Bertz CT molecular complexity index is 461. The third-order valence-electron chi connectivity index (χ3n) is 8.67. The summed E-state index contributed by atoms with van der Waals surface area (Å²) in [7, 11) is 0. The van der Waals surface area contributed by atoms with Crippen LogP contribution in [0.1, 0.15) is 206 Å². The van der Waals surface area contributed by atoms with Gasteiger partial charge in [0.1, 0.15) is 6.23 Å². The van der Waals surface area contributed by atoms with Crippen molar-refractivity contribution in [2.75, 3.05) is 6.54 Å². The Hall–Kier alpha value is -0.160. The molecule has 0 rings (SSSR count). The third kappa shape index (κ3) is 30.8. The lowest BCUT2D eigenvalue weighted by molar-refractivity contribution is -0.0229. The SMILES string of the molecule is CCCCCCCCCCCCCCCCCCNC(O)CC(O)C(O)CCCCCCCCCCCCCC. The van der Waals surface area contributed by atoms with E-state index in [2.05, 4.69) is 19.2 Å². The van der Waals surface area contributed by atoms with Crippen molar-refractivity contribution in [1.29, 1.82) is 0 Å². The maximum Gasteiger partial charge on any atom is 0.107 e. The minimum atomic E-state index is -0.846. The molecule has 0 saturated heterocycles. The zero-order valence-electron chi connectivity index (χ0n) is 27.5. The first-order chi connectivity index (χ1) is 19.6. The van der Waals surface area contributed by atoms with Crippen LogP contribution in [-0.2, 0) is 0 Å². The van der Waals surface area contributed by atoms with Gasteiger partial charge in [0, 0.05) is 6.42 Å². The number of rotatable bonds is 34. The van der Waals surface area contributed by atoms with Crippen LogP contribution in [0, 0.1) is 0 Å². The first kappa shape index (κ1) is 39.8. The molecular weight excluding hydrogens is 494 g/mol. The van der Waals surface area contributed by atoms with E-state index >= 15 is 0 Å². The van der Waals surface area contributed by atoms with Gasteiger partial charge in [0.05, 0.1) is 12.2 Å². The fourth-order valence-electron chi connectivity index (χ4n) is 5.80. The normalized spacial score (nSPS) is 14.0. The van der Waals surface area contributed by atoms with Crippen molar-refractivity contribution in [3.8, 4) is 0 Å². The molecule has 3 unspecified atom stereocenters. The Balaban J connectivity index is 3.38. The number of aliphatic hydroxyl groups is 3. The number of hydrogen-bond acceptors (Lipinski definition) is 4. The molecular formula is C36H75NO3. The van der Waals surface area contributed by atoms with Crippen LogP contribution in [0.2, 0.25) is 0 Å². The Morgan fingerprint density at radius 2 is 0.675 bits per heavy atom. The lowest BCUT2D eigenvalue weighted by Gasteiger charge is -2.21. The van der Waals surface area contributed by atoms with Gasteiger partial charge in [-0.2, -0.15) is 0 Å². The van der Waals surface area contributed by atoms with E-state index in [-0.39, 0.29) is 6.42 Å². The zero-order valence-corrected chi connectivity index (χ0v) is 27.5. The summed E-state index contributed by atoms with van der Waals surface area (Å²) in [4.78, 5) is 0. The molecule has 0 aliphatic carbocycles. The molecule has 0 aromatic carbocycles. The van der Waals surface area contributed by atoms with Crippen LogP contribution in [0.4, 0.5) is 0 Å². The van der Waals surface area contributed by atoms with Gasteiger partial charge in [0.2, 0.25) is 0 Å². The zero-order chi connectivity index (χ0) is 29.4. The fraction of sp³-hybridized carbons (Fsp3) is 1.00. The van der Waals surface area contributed by atoms with Gasteiger partial charge in [-0.3, -0.25) is 5.32 Å². The molecule has 0 saturated carbocycles. The maximum absolute atomic E-state index is 10.3. The summed E-state index contributed by atoms with van der Waals surface area (Å²) in [6, 6.07) is 0. The van der Waals surface area contributed by atoms with Gasteiger partial charge in [-0.1, -0.05) is 187 Å². The van der Waals surface area contributed by atoms with Gasteiger partial charge in [-0.25, -0.2) is 0 Å². The van der Waals surface area contributed by atoms with Gasteiger partial charge in [-0.15, -0.1) is 0 Å². The van der Waals surface area contributed by atoms with Crippen molar-refractivity contribution in [3.63, 3.8) is 0 Å². The van der Waals surface area contributed by atoms with Crippen LogP contribution in [0.25, 0.3) is 0 Å². The van der Waals surface area contributed by atoms with Gasteiger partial charge >= 0.3 is 0 Å². The molecule has 0 aromatic heterocycles. The number of nitrogens with one attached hydrogen (secondary N) is 1. The molecule has 0 bridgehead atoms. The average Bonchev–Trinajstić information content (AvgIpc) is 2.95. The second kappa shape index (κ2) is 33.3. The van der Waals surface area contributed by atoms with Gasteiger partial charge in [0.25, 0.3) is 0 Å². The van der Waals surface area contributed by atoms with Crippen LogP contribution < -0.4 is 5.32 Å². The number of aliphatic hydroxyl groups excluding tert-OH is 3. The highest BCUT2D eigenvalue weighted by atomic mass is 16.3. The van der Waals surface area contributed by atoms with Crippen LogP contribution in [0.5, 0.6) is 0 Å². The highest BCUT2D eigenvalue weighted by molar-refractivity contribution is 4.71. The van der Waals surface area contributed by atoms with E-state index in [1.54, 1.807) is 0 Å². The molecule has 0 aliphatic rings. The van der Waals surface area contributed by atoms with Crippen LogP contribution in [0.3, 0.4) is 0 Å². The molecule has 0 aliphatic heterocycles. The van der Waals surface area contributed by atoms with Crippen LogP contribution in [0.15, 0.2) is 0 Å². The summed E-state index contributed by atoms with van der Waals surface area (Å²) in [6.45, 7) is 5.33. The largest absolute Gasteiger partial charge is 0.390 e. The van der Waals surface area contributed by atoms with Crippen LogP contribution >= 0.6 is 0 Å². The predicted molar refractivity (Wildman–Crippen MR) is 176 cm³/mol. The first-order valence-electron chi connectivity index (χ1n) is 18.4. The third-order valence-corrected chi connectivity index (χ3v) is 8.67. The molecule has 0 radical (unpaired) electrons. The summed E-state index contributed by atoms with van der Waals surface area (Å²) in [5.74, 6) is 0. The molecule has 0 aromatic rings. The minimum absolute atomic E-state index is 0.207. The minimum Gasteiger partial charge on any atom is -0.390 e. The van der Waals surface area contributed by atoms with Crippen molar-refractivity contribution >= 4 is 0 Å². The smallest absolute Gasteiger partial charge is 0.107 e. The number of unbranched alkanes of at least 4 members (excludes halogenated alkanes) is 26. The summed E-state index contributed by atoms with van der Waals surface area (Å²) >= 11 is 0. The van der Waals surface area contributed by atoms with Crippen molar-refractivity contribution < 1.29 is 15.3 Å². The lowest BCUT2D eigenvalue weighted by atomic mass is 10.0. The van der Waals surface area contributed by atoms with E-state index in [1.165, 1.54) is 161 Å². The van der Waals surface area contributed by atoms with Crippen LogP contribution in [-0.4, -0.2) is 40.3 Å². The van der Waals surface area contributed by atoms with E-state index in [1.807, 2.05) is 0 Å². The van der Waals surface area contributed by atoms with Gasteiger partial charge in [0.15, 0.2) is 0 Å². The monoisotopic (exact) mass is 570 g/mol. The van der Waals surface area contributed by atoms with Crippen molar-refractivity contribution in [2.24, 2.45) is 0 Å². The van der Waals surface area contributed by atoms with Crippen molar-refractivity contribution in [3.05, 3.63) is 0 Å². The van der Waals surface area contributed by atoms with Gasteiger partial charge in [-0.05, 0) is 19.4 Å². The molecule has 0 spiro atoms. The molecule has 0 fully saturated rings. The Labute approximate surface area is 251 Å². The quantitative estimate of drug-likeness (QED) is 0.0459. The molecule has 4 nitrogen and oxygen atoms in total. The lowest BCUT2D eigenvalue weighted by Crippen LogP contribution is -2.37. The summed E-state index contributed by atoms with van der Waals surface area (Å²) in [5, 5.41) is 33.8. The van der Waals surface area contributed by atoms with E-state index in [9.17, 15) is 15.3 Å². The first-order valence-corrected chi connectivity index (χ1v) is 18.4. The maximum atomic E-state index is 10.3. The highest BCUT2D eigenvalue weighted by Crippen LogP contribution is 2.16. The Morgan fingerprint density at radius 1 is 0.375 bits per heavy atom. The van der Waals surface area contributed by atoms with E-state index < -0.39 is 18.4 Å². The molecule has 3 atom stereocenters. The molecule has 0 amide bonds. The molecule has 4 heteroatoms. The fourth-order valence-corrected chi connectivity index (χ4v) is 5.80. The predicted octanol–water partition coefficient (Wildman–Crippen LogP) is 10.4. The molecule has 4 N–H and O–H groups in total. The molecule has 0 heterocycles. The highest BCUT2D eigenvalue weighted by Gasteiger charge is 2.19. The molecule has 40 heavy (non-hydrogen) atoms. The van der Waals surface area contributed by atoms with E-state index in [4.69, 9.17) is 0 Å². The second-order valence-corrected chi connectivity index (χ2v) is 12.8. The summed E-state index contributed by atoms with van der Waals surface area (Å²) in [5.41, 5.74) is 0. The Kier molecular flexibility index (Phi) is 33.2. The average molecular weight is 570 g/mol. The summed E-state index contributed by atoms with van der Waals surface area (Å²) in [6.07, 6.45) is 35.9. The Morgan fingerprint density at radius 3 is 1.02 bits per heavy atom. The topological polar surface area (TPSA) is 72.7 Å². The standard InChI is InChI=1S/C36H75NO3/c1-3-5-7-9-11-13-15-17-18-19-20-22-24-26-28-30-32-37-36(40)33-35(39)34(38)31-29-27-25-23-21-16-14-12-10-8-6-4-2/h34-40H,3-33H2,1-2H3.